The largest absolute Gasteiger partial charge is 0.403 e. The molecule has 1 atom stereocenters. The van der Waals surface area contributed by atoms with Gasteiger partial charge >= 0.3 is 6.01 Å². The van der Waals surface area contributed by atoms with E-state index in [9.17, 15) is 4.39 Å². The van der Waals surface area contributed by atoms with E-state index in [-0.39, 0.29) is 6.04 Å². The third-order valence-corrected chi connectivity index (χ3v) is 5.65. The van der Waals surface area contributed by atoms with Crippen LogP contribution in [-0.4, -0.2) is 47.5 Å². The van der Waals surface area contributed by atoms with Crippen LogP contribution >= 0.6 is 0 Å². The molecule has 1 N–H and O–H groups in total. The van der Waals surface area contributed by atoms with Crippen LogP contribution < -0.4 is 10.2 Å². The molecule has 0 bridgehead atoms. The van der Waals surface area contributed by atoms with Gasteiger partial charge in [0.2, 0.25) is 5.95 Å². The van der Waals surface area contributed by atoms with E-state index in [4.69, 9.17) is 9.15 Å². The lowest BCUT2D eigenvalue weighted by Gasteiger charge is -2.28. The van der Waals surface area contributed by atoms with E-state index in [1.54, 1.807) is 6.07 Å². The predicted octanol–water partition coefficient (Wildman–Crippen LogP) is 4.16. The molecule has 0 unspecified atom stereocenters. The van der Waals surface area contributed by atoms with Crippen molar-refractivity contribution in [1.29, 1.82) is 0 Å². The van der Waals surface area contributed by atoms with Gasteiger partial charge in [-0.15, -0.1) is 5.10 Å². The number of anilines is 2. The molecular weight excluding hydrogens is 397 g/mol. The van der Waals surface area contributed by atoms with Crippen molar-refractivity contribution in [1.82, 2.24) is 15.2 Å². The monoisotopic (exact) mass is 421 g/mol. The molecule has 3 heterocycles. The van der Waals surface area contributed by atoms with E-state index in [1.165, 1.54) is 17.2 Å². The van der Waals surface area contributed by atoms with Gasteiger partial charge < -0.3 is 19.4 Å². The average Bonchev–Trinajstić information content (AvgIpc) is 3.28. The van der Waals surface area contributed by atoms with Crippen molar-refractivity contribution in [2.45, 2.75) is 25.3 Å². The fourth-order valence-electron chi connectivity index (χ4n) is 4.09. The second kappa shape index (κ2) is 8.85. The summed E-state index contributed by atoms with van der Waals surface area (Å²) in [4.78, 5) is 6.07. The van der Waals surface area contributed by atoms with Crippen molar-refractivity contribution in [2.75, 3.05) is 36.5 Å². The third-order valence-electron chi connectivity index (χ3n) is 5.65. The minimum absolute atomic E-state index is 0.207. The summed E-state index contributed by atoms with van der Waals surface area (Å²) in [7, 11) is 0. The Balaban J connectivity index is 1.32. The molecule has 7 nitrogen and oxygen atoms in total. The normalized spacial score (nSPS) is 19.2. The molecule has 3 aromatic rings. The van der Waals surface area contributed by atoms with Gasteiger partial charge in [-0.25, -0.2) is 4.98 Å². The predicted molar refractivity (Wildman–Crippen MR) is 116 cm³/mol. The third kappa shape index (κ3) is 4.44. The molecule has 1 saturated heterocycles. The van der Waals surface area contributed by atoms with Gasteiger partial charge in [0.25, 0.3) is 5.89 Å². The number of aromatic nitrogens is 3. The van der Waals surface area contributed by atoms with Crippen LogP contribution in [0.2, 0.25) is 0 Å². The first-order valence-electron chi connectivity index (χ1n) is 10.6. The Hall–Kier alpha value is -3.26. The van der Waals surface area contributed by atoms with Gasteiger partial charge in [0.1, 0.15) is 5.82 Å². The second-order valence-electron chi connectivity index (χ2n) is 7.74. The quantitative estimate of drug-likeness (QED) is 0.620. The zero-order valence-electron chi connectivity index (χ0n) is 17.1. The Kier molecular flexibility index (Phi) is 5.62. The van der Waals surface area contributed by atoms with E-state index in [1.807, 2.05) is 11.0 Å². The summed E-state index contributed by atoms with van der Waals surface area (Å²) in [5, 5.41) is 11.8. The maximum atomic E-state index is 13.9. The first-order valence-corrected chi connectivity index (χ1v) is 10.6. The van der Waals surface area contributed by atoms with Crippen molar-refractivity contribution in [3.05, 3.63) is 60.1 Å². The molecule has 0 spiro atoms. The maximum absolute atomic E-state index is 13.9. The number of hydrogen-bond acceptors (Lipinski definition) is 7. The van der Waals surface area contributed by atoms with Crippen molar-refractivity contribution in [2.24, 2.45) is 0 Å². The van der Waals surface area contributed by atoms with Crippen LogP contribution in [0.4, 0.5) is 16.2 Å². The summed E-state index contributed by atoms with van der Waals surface area (Å²) in [6.07, 6.45) is 5.17. The lowest BCUT2D eigenvalue weighted by molar-refractivity contribution is 0.122. The number of allylic oxidation sites excluding steroid dienone is 1. The molecule has 160 valence electrons. The highest BCUT2D eigenvalue weighted by Crippen LogP contribution is 2.32. The minimum atomic E-state index is -0.537. The molecular formula is C23H24FN5O2. The van der Waals surface area contributed by atoms with E-state index < -0.39 is 5.95 Å². The molecule has 5 rings (SSSR count). The van der Waals surface area contributed by atoms with Gasteiger partial charge in [0.05, 0.1) is 18.8 Å². The molecule has 2 aromatic heterocycles. The summed E-state index contributed by atoms with van der Waals surface area (Å²) in [6, 6.07) is 13.9. The number of hydrogen-bond donors (Lipinski definition) is 1. The van der Waals surface area contributed by atoms with Gasteiger partial charge in [-0.3, -0.25) is 0 Å². The van der Waals surface area contributed by atoms with Crippen LogP contribution in [0.5, 0.6) is 0 Å². The van der Waals surface area contributed by atoms with Crippen LogP contribution in [0.3, 0.4) is 0 Å². The van der Waals surface area contributed by atoms with Crippen LogP contribution in [0, 0.1) is 5.95 Å². The molecule has 0 saturated carbocycles. The molecule has 31 heavy (non-hydrogen) atoms. The van der Waals surface area contributed by atoms with Crippen LogP contribution in [-0.2, 0) is 4.74 Å². The number of halogens is 1. The maximum Gasteiger partial charge on any atom is 0.315 e. The molecule has 1 aliphatic carbocycles. The van der Waals surface area contributed by atoms with Gasteiger partial charge in [0.15, 0.2) is 0 Å². The van der Waals surface area contributed by atoms with Gasteiger partial charge in [-0.2, -0.15) is 4.39 Å². The van der Waals surface area contributed by atoms with Crippen LogP contribution in [0.15, 0.2) is 53.0 Å². The average molecular weight is 421 g/mol. The SMILES string of the molecule is Fc1ccc(-c2nnc(N[C@H]3CCC=C(c4ccccc4)C3)o2)c(N2CCOCC2)n1. The standard InChI is InChI=1S/C23H24FN5O2/c24-20-10-9-19(21(26-20)29-11-13-30-14-12-29)22-27-28-23(31-22)25-18-8-4-7-17(15-18)16-5-2-1-3-6-16/h1-3,5-7,9-10,18H,4,8,11-15H2,(H,25,28)/t18-/m0/s1. The molecule has 2 aliphatic rings. The number of nitrogens with zero attached hydrogens (tertiary/aromatic N) is 4. The number of rotatable bonds is 5. The number of morpholine rings is 1. The summed E-state index contributed by atoms with van der Waals surface area (Å²) >= 11 is 0. The summed E-state index contributed by atoms with van der Waals surface area (Å²) in [6.45, 7) is 2.43. The molecule has 0 radical (unpaired) electrons. The van der Waals surface area contributed by atoms with E-state index in [0.717, 1.165) is 19.3 Å². The lowest BCUT2D eigenvalue weighted by Crippen LogP contribution is -2.37. The summed E-state index contributed by atoms with van der Waals surface area (Å²) in [5.74, 6) is 0.294. The van der Waals surface area contributed by atoms with E-state index in [2.05, 4.69) is 50.8 Å². The minimum Gasteiger partial charge on any atom is -0.403 e. The number of ether oxygens (including phenoxy) is 1. The van der Waals surface area contributed by atoms with E-state index >= 15 is 0 Å². The molecule has 1 aromatic carbocycles. The van der Waals surface area contributed by atoms with Crippen molar-refractivity contribution in [3.63, 3.8) is 0 Å². The molecule has 1 aliphatic heterocycles. The highest BCUT2D eigenvalue weighted by molar-refractivity contribution is 5.70. The number of benzene rings is 1. The topological polar surface area (TPSA) is 76.3 Å². The number of nitrogens with one attached hydrogen (secondary N) is 1. The Labute approximate surface area is 180 Å². The zero-order chi connectivity index (χ0) is 21.0. The van der Waals surface area contributed by atoms with Gasteiger partial charge in [0, 0.05) is 19.1 Å². The summed E-state index contributed by atoms with van der Waals surface area (Å²) in [5.41, 5.74) is 3.19. The van der Waals surface area contributed by atoms with Crippen LogP contribution in [0.25, 0.3) is 17.0 Å². The molecule has 0 amide bonds. The van der Waals surface area contributed by atoms with Gasteiger partial charge in [-0.05, 0) is 42.5 Å². The zero-order valence-corrected chi connectivity index (χ0v) is 17.1. The van der Waals surface area contributed by atoms with Crippen molar-refractivity contribution < 1.29 is 13.5 Å². The lowest BCUT2D eigenvalue weighted by atomic mass is 9.90. The summed E-state index contributed by atoms with van der Waals surface area (Å²) < 4.78 is 25.2. The Bertz CT molecular complexity index is 1060. The fraction of sp³-hybridized carbons (Fsp3) is 0.348. The fourth-order valence-corrected chi connectivity index (χ4v) is 4.09. The first kappa shape index (κ1) is 19.7. The van der Waals surface area contributed by atoms with Crippen molar-refractivity contribution in [3.8, 4) is 11.5 Å². The Morgan fingerprint density at radius 1 is 1.03 bits per heavy atom. The Morgan fingerprint density at radius 2 is 1.87 bits per heavy atom. The second-order valence-corrected chi connectivity index (χ2v) is 7.74. The first-order chi connectivity index (χ1) is 15.3. The highest BCUT2D eigenvalue weighted by atomic mass is 19.1. The van der Waals surface area contributed by atoms with E-state index in [0.29, 0.717) is 49.6 Å². The molecule has 8 heteroatoms. The van der Waals surface area contributed by atoms with Gasteiger partial charge in [-0.1, -0.05) is 41.5 Å². The Morgan fingerprint density at radius 3 is 2.71 bits per heavy atom. The van der Waals surface area contributed by atoms with Crippen LogP contribution in [0.1, 0.15) is 24.8 Å². The highest BCUT2D eigenvalue weighted by Gasteiger charge is 2.23. The molecule has 1 fully saturated rings. The smallest absolute Gasteiger partial charge is 0.315 e. The number of pyridine rings is 1. The van der Waals surface area contributed by atoms with Crippen molar-refractivity contribution >= 4 is 17.4 Å².